The van der Waals surface area contributed by atoms with Gasteiger partial charge in [-0.1, -0.05) is 5.92 Å². The van der Waals surface area contributed by atoms with Gasteiger partial charge in [-0.15, -0.1) is 0 Å². The first-order valence-corrected chi connectivity index (χ1v) is 1.52. The van der Waals surface area contributed by atoms with Crippen LogP contribution in [0.25, 0.3) is 0 Å². The summed E-state index contributed by atoms with van der Waals surface area (Å²) in [4.78, 5) is 9.35. The Hall–Kier alpha value is -0.970. The van der Waals surface area contributed by atoms with Gasteiger partial charge in [0.15, 0.2) is 0 Å². The van der Waals surface area contributed by atoms with E-state index in [0.29, 0.717) is 6.41 Å². The van der Waals surface area contributed by atoms with E-state index in [4.69, 9.17) is 0 Å². The van der Waals surface area contributed by atoms with E-state index in [1.807, 2.05) is 0 Å². The van der Waals surface area contributed by atoms with Crippen LogP contribution in [0.1, 0.15) is 6.92 Å². The van der Waals surface area contributed by atoms with Crippen molar-refractivity contribution in [1.82, 2.24) is 5.32 Å². The van der Waals surface area contributed by atoms with Gasteiger partial charge >= 0.3 is 0 Å². The van der Waals surface area contributed by atoms with Crippen molar-refractivity contribution in [3.63, 3.8) is 0 Å². The van der Waals surface area contributed by atoms with Gasteiger partial charge in [0, 0.05) is 6.04 Å². The van der Waals surface area contributed by atoms with Crippen molar-refractivity contribution < 1.29 is 4.79 Å². The minimum absolute atomic E-state index is 0.538. The Balaban J connectivity index is 3.00. The van der Waals surface area contributed by atoms with E-state index >= 15 is 0 Å². The van der Waals surface area contributed by atoms with Crippen molar-refractivity contribution in [3.05, 3.63) is 0 Å². The third-order valence-electron chi connectivity index (χ3n) is 0.256. The summed E-state index contributed by atoms with van der Waals surface area (Å²) in [5.74, 6) is 2.48. The van der Waals surface area contributed by atoms with Crippen LogP contribution in [-0.4, -0.2) is 6.41 Å². The van der Waals surface area contributed by atoms with Crippen LogP contribution in [0, 0.1) is 12.0 Å². The van der Waals surface area contributed by atoms with Gasteiger partial charge in [-0.05, 0) is 6.92 Å². The summed E-state index contributed by atoms with van der Waals surface area (Å²) in [5, 5.41) is 2.16. The van der Waals surface area contributed by atoms with Gasteiger partial charge in [0.1, 0.15) is 0 Å². The zero-order chi connectivity index (χ0) is 4.83. The molecule has 0 rings (SSSR count). The summed E-state index contributed by atoms with van der Waals surface area (Å²) in [6.45, 7) is 1.65. The molecule has 0 radical (unpaired) electrons. The molecule has 2 nitrogen and oxygen atoms in total. The lowest BCUT2D eigenvalue weighted by Gasteiger charge is -1.68. The van der Waals surface area contributed by atoms with Gasteiger partial charge < -0.3 is 0 Å². The molecule has 0 saturated carbocycles. The number of nitrogens with one attached hydrogen (secondary N) is 1. The zero-order valence-electron chi connectivity index (χ0n) is 3.49. The lowest BCUT2D eigenvalue weighted by Crippen LogP contribution is -1.98. The van der Waals surface area contributed by atoms with Crippen molar-refractivity contribution in [2.24, 2.45) is 0 Å². The van der Waals surface area contributed by atoms with Gasteiger partial charge in [-0.3, -0.25) is 10.1 Å². The highest BCUT2D eigenvalue weighted by Gasteiger charge is 1.53. The largest absolute Gasteiger partial charge is 0.288 e. The molecule has 0 bridgehead atoms. The molecule has 0 spiro atoms. The molecule has 0 aromatic heterocycles. The lowest BCUT2D eigenvalue weighted by molar-refractivity contribution is -0.108. The number of carbonyl (C=O) groups excluding carboxylic acids is 1. The smallest absolute Gasteiger partial charge is 0.218 e. The molecule has 0 saturated heterocycles. The van der Waals surface area contributed by atoms with E-state index in [2.05, 4.69) is 17.3 Å². The molecule has 2 heteroatoms. The normalized spacial score (nSPS) is 4.83. The number of rotatable bonds is 1. The van der Waals surface area contributed by atoms with E-state index in [0.717, 1.165) is 0 Å². The van der Waals surface area contributed by atoms with Crippen LogP contribution in [0.3, 0.4) is 0 Å². The maximum atomic E-state index is 9.35. The van der Waals surface area contributed by atoms with Crippen LogP contribution >= 0.6 is 0 Å². The molecule has 0 fully saturated rings. The Kier molecular flexibility index (Phi) is 3.38. The first-order valence-electron chi connectivity index (χ1n) is 1.52. The molecule has 32 valence electrons. The van der Waals surface area contributed by atoms with Gasteiger partial charge in [-0.25, -0.2) is 0 Å². The Morgan fingerprint density at radius 2 is 2.50 bits per heavy atom. The molecule has 0 aliphatic carbocycles. The summed E-state index contributed by atoms with van der Waals surface area (Å²) >= 11 is 0. The van der Waals surface area contributed by atoms with Crippen LogP contribution in [0.5, 0.6) is 0 Å². The summed E-state index contributed by atoms with van der Waals surface area (Å²) in [6, 6.07) is 2.33. The molecule has 6 heavy (non-hydrogen) atoms. The first kappa shape index (κ1) is 5.03. The van der Waals surface area contributed by atoms with Crippen molar-refractivity contribution in [2.75, 3.05) is 0 Å². The second-order valence-corrected chi connectivity index (χ2v) is 0.637. The van der Waals surface area contributed by atoms with Crippen LogP contribution < -0.4 is 5.32 Å². The molecule has 0 atom stereocenters. The van der Waals surface area contributed by atoms with Crippen molar-refractivity contribution >= 4 is 6.41 Å². The van der Waals surface area contributed by atoms with Gasteiger partial charge in [0.25, 0.3) is 0 Å². The second kappa shape index (κ2) is 4.03. The summed E-state index contributed by atoms with van der Waals surface area (Å²) in [5.41, 5.74) is 0. The molecular formula is C4H5NO. The number of amides is 1. The average Bonchev–Trinajstić information content (AvgIpc) is 1.61. The van der Waals surface area contributed by atoms with Gasteiger partial charge in [-0.2, -0.15) is 0 Å². The quantitative estimate of drug-likeness (QED) is 0.263. The predicted octanol–water partition coefficient (Wildman–Crippen LogP) is -0.287. The number of hydrogen-bond donors (Lipinski definition) is 1. The second-order valence-electron chi connectivity index (χ2n) is 0.637. The minimum atomic E-state index is 0.538. The SMILES string of the molecule is CC#CNC=O. The van der Waals surface area contributed by atoms with Gasteiger partial charge in [0.2, 0.25) is 6.41 Å². The zero-order valence-corrected chi connectivity index (χ0v) is 3.49. The fourth-order valence-corrected chi connectivity index (χ4v) is 0.102. The van der Waals surface area contributed by atoms with E-state index in [9.17, 15) is 4.79 Å². The minimum Gasteiger partial charge on any atom is -0.288 e. The van der Waals surface area contributed by atoms with Crippen molar-refractivity contribution in [2.45, 2.75) is 6.92 Å². The Morgan fingerprint density at radius 1 is 1.83 bits per heavy atom. The van der Waals surface area contributed by atoms with E-state index in [1.54, 1.807) is 6.92 Å². The lowest BCUT2D eigenvalue weighted by atomic mass is 10.8. The maximum Gasteiger partial charge on any atom is 0.218 e. The molecule has 0 heterocycles. The fourth-order valence-electron chi connectivity index (χ4n) is 0.102. The molecular weight excluding hydrogens is 78.0 g/mol. The Bertz CT molecular complexity index is 87.5. The highest BCUT2D eigenvalue weighted by Crippen LogP contribution is 1.37. The number of carbonyl (C=O) groups is 1. The topological polar surface area (TPSA) is 29.1 Å². The molecule has 0 unspecified atom stereocenters. The Labute approximate surface area is 36.5 Å². The highest BCUT2D eigenvalue weighted by molar-refractivity contribution is 5.49. The molecule has 1 amide bonds. The molecule has 0 aliphatic rings. The molecule has 0 aromatic rings. The average molecular weight is 83.1 g/mol. The molecule has 0 aliphatic heterocycles. The van der Waals surface area contributed by atoms with E-state index in [-0.39, 0.29) is 0 Å². The fraction of sp³-hybridized carbons (Fsp3) is 0.250. The first-order chi connectivity index (χ1) is 2.91. The Morgan fingerprint density at radius 3 is 2.67 bits per heavy atom. The third kappa shape index (κ3) is 3.03. The monoisotopic (exact) mass is 83.0 g/mol. The maximum absolute atomic E-state index is 9.35. The summed E-state index contributed by atoms with van der Waals surface area (Å²) in [7, 11) is 0. The third-order valence-corrected chi connectivity index (χ3v) is 0.256. The molecule has 1 N–H and O–H groups in total. The van der Waals surface area contributed by atoms with E-state index < -0.39 is 0 Å². The van der Waals surface area contributed by atoms with Crippen LogP contribution in [-0.2, 0) is 4.79 Å². The predicted molar refractivity (Wildman–Crippen MR) is 22.6 cm³/mol. The molecule has 0 aromatic carbocycles. The standard InChI is InChI=1S/C4H5NO/c1-2-3-5-4-6/h4H,1H3,(H,5,6). The van der Waals surface area contributed by atoms with Crippen LogP contribution in [0.15, 0.2) is 0 Å². The number of hydrogen-bond acceptors (Lipinski definition) is 1. The highest BCUT2D eigenvalue weighted by atomic mass is 16.1. The summed E-state index contributed by atoms with van der Waals surface area (Å²) in [6.07, 6.45) is 0.538. The summed E-state index contributed by atoms with van der Waals surface area (Å²) < 4.78 is 0. The van der Waals surface area contributed by atoms with Crippen LogP contribution in [0.4, 0.5) is 0 Å². The van der Waals surface area contributed by atoms with Crippen molar-refractivity contribution in [3.8, 4) is 12.0 Å². The van der Waals surface area contributed by atoms with Gasteiger partial charge in [0.05, 0.1) is 0 Å². The van der Waals surface area contributed by atoms with Crippen molar-refractivity contribution in [1.29, 1.82) is 0 Å². The van der Waals surface area contributed by atoms with Crippen LogP contribution in [0.2, 0.25) is 0 Å². The van der Waals surface area contributed by atoms with E-state index in [1.165, 1.54) is 0 Å².